The molecule has 49 heavy (non-hydrogen) atoms. The van der Waals surface area contributed by atoms with E-state index in [2.05, 4.69) is 50.5 Å². The molecule has 0 aliphatic heterocycles. The van der Waals surface area contributed by atoms with Crippen LogP contribution in [-0.2, 0) is 79.2 Å². The number of fused-ring (bicyclic) bond motifs is 2. The number of carboxylic acids is 1. The highest BCUT2D eigenvalue weighted by Gasteiger charge is 2.34. The molecular weight excluding hydrogens is 830 g/mol. The summed E-state index contributed by atoms with van der Waals surface area (Å²) >= 11 is 17.9. The van der Waals surface area contributed by atoms with E-state index in [1.807, 2.05) is 5.43 Å². The van der Waals surface area contributed by atoms with Gasteiger partial charge in [0, 0.05) is 90.5 Å². The van der Waals surface area contributed by atoms with E-state index in [1.54, 1.807) is 24.3 Å². The molecule has 0 radical (unpaired) electrons. The molecule has 0 amide bonds. The Hall–Kier alpha value is -1.76. The fourth-order valence-electron chi connectivity index (χ4n) is 3.70. The summed E-state index contributed by atoms with van der Waals surface area (Å²) in [6.07, 6.45) is -1.29. The first-order valence-electron chi connectivity index (χ1n) is 12.9. The number of ether oxygens (including phenoxy) is 4. The van der Waals surface area contributed by atoms with Gasteiger partial charge in [-0.2, -0.15) is 8.78 Å². The van der Waals surface area contributed by atoms with Crippen LogP contribution in [0.1, 0.15) is 22.6 Å². The maximum Gasteiger partial charge on any atom is 0.303 e. The van der Waals surface area contributed by atoms with E-state index < -0.39 is 37.2 Å². The second kappa shape index (κ2) is 25.2. The first-order valence-corrected chi connectivity index (χ1v) is 19.8. The normalized spacial score (nSPS) is 10.2. The number of hydrazine groups is 1. The summed E-state index contributed by atoms with van der Waals surface area (Å²) in [4.78, 5) is 10.2. The number of methoxy groups -OCH3 is 4. The van der Waals surface area contributed by atoms with Gasteiger partial charge in [0.25, 0.3) is 11.8 Å². The van der Waals surface area contributed by atoms with Crippen molar-refractivity contribution in [2.45, 2.75) is 24.7 Å². The molecule has 0 spiro atoms. The molecule has 0 unspecified atom stereocenters. The van der Waals surface area contributed by atoms with Gasteiger partial charge in [0.05, 0.1) is 51.2 Å². The Labute approximate surface area is 320 Å². The molecule has 2 aromatic heterocycles. The summed E-state index contributed by atoms with van der Waals surface area (Å²) in [6.45, 7) is -0.603. The van der Waals surface area contributed by atoms with Crippen LogP contribution in [0.5, 0.6) is 23.0 Å². The third kappa shape index (κ3) is 15.2. The van der Waals surface area contributed by atoms with Gasteiger partial charge in [-0.1, -0.05) is 0 Å². The number of nitrogens with two attached hydrogens (primary N) is 2. The summed E-state index contributed by atoms with van der Waals surface area (Å²) in [7, 11) is 9.79. The average Bonchev–Trinajstić information content (AvgIpc) is 3.73. The summed E-state index contributed by atoms with van der Waals surface area (Å²) in [5.41, 5.74) is 6.50. The Balaban J connectivity index is 0. The molecular formula is C27H34ClF4N3O6S8. The Morgan fingerprint density at radius 2 is 1.12 bits per heavy atom. The molecule has 0 bridgehead atoms. The van der Waals surface area contributed by atoms with Crippen molar-refractivity contribution in [2.75, 3.05) is 42.0 Å². The van der Waals surface area contributed by atoms with Crippen molar-refractivity contribution in [3.63, 3.8) is 0 Å². The van der Waals surface area contributed by atoms with Gasteiger partial charge in [-0.25, -0.2) is 8.78 Å². The first-order chi connectivity index (χ1) is 22.8. The van der Waals surface area contributed by atoms with Crippen LogP contribution in [0.15, 0.2) is 36.4 Å². The topological polar surface area (TPSA) is 138 Å². The smallest absolute Gasteiger partial charge is 0.303 e. The van der Waals surface area contributed by atoms with Crippen molar-refractivity contribution < 1.29 is 46.4 Å². The van der Waals surface area contributed by atoms with Crippen LogP contribution in [0.25, 0.3) is 20.2 Å². The number of nitrogens with one attached hydrogen (secondary N) is 1. The monoisotopic (exact) mass is 863 g/mol. The second-order valence-electron chi connectivity index (χ2n) is 8.53. The van der Waals surface area contributed by atoms with Crippen LogP contribution in [0.4, 0.5) is 17.6 Å². The van der Waals surface area contributed by atoms with Crippen LogP contribution in [-0.4, -0.2) is 53.1 Å². The van der Waals surface area contributed by atoms with Gasteiger partial charge in [0.1, 0.15) is 0 Å². The predicted molar refractivity (Wildman–Crippen MR) is 208 cm³/mol. The van der Waals surface area contributed by atoms with E-state index in [0.717, 1.165) is 22.7 Å². The Morgan fingerprint density at radius 1 is 0.776 bits per heavy atom. The van der Waals surface area contributed by atoms with Crippen molar-refractivity contribution >= 4 is 124 Å². The van der Waals surface area contributed by atoms with Crippen LogP contribution in [0, 0.1) is 0 Å². The van der Waals surface area contributed by atoms with Crippen LogP contribution in [0.3, 0.4) is 0 Å². The SMILES string of the molecule is CN.COc1cc2cc(C(F)(F)CCC(=O)O)sc2cc1OC.COc1cc2cc(C(F)(F)CNN)sc2cc1OC.Cl.S=S.S=S=S=S. The number of carboxylic acid groups (broad SMARTS) is 1. The Morgan fingerprint density at radius 3 is 1.43 bits per heavy atom. The zero-order valence-electron chi connectivity index (χ0n) is 26.4. The summed E-state index contributed by atoms with van der Waals surface area (Å²) in [6, 6.07) is 9.44. The zero-order chi connectivity index (χ0) is 37.1. The fraction of sp³-hybridized carbons (Fsp3) is 0.370. The second-order valence-corrected chi connectivity index (χ2v) is 14.2. The molecule has 4 aromatic rings. The largest absolute Gasteiger partial charge is 0.493 e. The zero-order valence-corrected chi connectivity index (χ0v) is 33.8. The molecule has 6 N–H and O–H groups in total. The first kappa shape index (κ1) is 49.4. The summed E-state index contributed by atoms with van der Waals surface area (Å²) < 4.78 is 77.4. The van der Waals surface area contributed by atoms with Crippen molar-refractivity contribution in [2.24, 2.45) is 11.6 Å². The lowest BCUT2D eigenvalue weighted by atomic mass is 10.1. The van der Waals surface area contributed by atoms with E-state index in [0.29, 0.717) is 43.2 Å². The number of aliphatic carboxylic acids is 1. The van der Waals surface area contributed by atoms with Gasteiger partial charge in [-0.3, -0.25) is 16.1 Å². The van der Waals surface area contributed by atoms with Gasteiger partial charge in [-0.05, 0) is 42.1 Å². The van der Waals surface area contributed by atoms with Gasteiger partial charge in [0.15, 0.2) is 23.0 Å². The quantitative estimate of drug-likeness (QED) is 0.0760. The summed E-state index contributed by atoms with van der Waals surface area (Å²) in [5.74, 6) is -0.473. The minimum Gasteiger partial charge on any atom is -0.493 e. The molecule has 22 heteroatoms. The van der Waals surface area contributed by atoms with Crippen LogP contribution in [0.2, 0.25) is 0 Å². The lowest BCUT2D eigenvalue weighted by Crippen LogP contribution is -2.34. The van der Waals surface area contributed by atoms with Crippen molar-refractivity contribution in [3.05, 3.63) is 46.2 Å². The van der Waals surface area contributed by atoms with Gasteiger partial charge < -0.3 is 29.8 Å². The molecule has 9 nitrogen and oxygen atoms in total. The fourth-order valence-corrected chi connectivity index (χ4v) is 5.82. The van der Waals surface area contributed by atoms with E-state index in [9.17, 15) is 22.4 Å². The maximum absolute atomic E-state index is 14.0. The number of benzene rings is 2. The van der Waals surface area contributed by atoms with E-state index in [4.69, 9.17) is 29.9 Å². The number of carbonyl (C=O) groups is 1. The van der Waals surface area contributed by atoms with Crippen molar-refractivity contribution in [1.29, 1.82) is 0 Å². The minimum atomic E-state index is -3.16. The molecule has 4 rings (SSSR count). The molecule has 2 aromatic carbocycles. The molecule has 276 valence electrons. The Kier molecular flexibility index (Phi) is 25.4. The van der Waals surface area contributed by atoms with E-state index in [-0.39, 0.29) is 22.2 Å². The molecule has 2 heterocycles. The molecule has 0 aliphatic rings. The van der Waals surface area contributed by atoms with Gasteiger partial charge in [-0.15, -0.1) is 35.1 Å². The highest BCUT2D eigenvalue weighted by Crippen LogP contribution is 2.43. The van der Waals surface area contributed by atoms with Gasteiger partial charge >= 0.3 is 5.97 Å². The van der Waals surface area contributed by atoms with Gasteiger partial charge in [0.2, 0.25) is 0 Å². The van der Waals surface area contributed by atoms with Crippen LogP contribution >= 0.6 is 35.1 Å². The molecule has 0 atom stereocenters. The van der Waals surface area contributed by atoms with E-state index in [1.165, 1.54) is 65.4 Å². The third-order valence-corrected chi connectivity index (χ3v) is 10.4. The van der Waals surface area contributed by atoms with Crippen LogP contribution < -0.4 is 35.9 Å². The molecule has 0 saturated carbocycles. The lowest BCUT2D eigenvalue weighted by molar-refractivity contribution is -0.139. The standard InChI is InChI=1S/C14H14F2O4S.C12H14F2N2O2S.CH5N.ClH.S4.S2/c1-19-9-5-8-6-12(14(15,16)4-3-13(17)18)21-11(8)7-10(9)20-2;1-17-8-3-7-4-11(12(13,14)6-16-15)19-10(7)5-9(8)18-2;1-2;;1-3-4-2;1-2/h5-7H,3-4H2,1-2H3,(H,17,18);3-5,16H,6,15H2,1-2H3;2H2,1H3;1H;;. The number of hydrogen-bond acceptors (Lipinski definition) is 14. The number of rotatable bonds is 11. The highest BCUT2D eigenvalue weighted by atomic mass is 35.5. The Bertz CT molecular complexity index is 1600. The number of thiophene rings is 2. The molecule has 0 saturated heterocycles. The number of alkyl halides is 4. The van der Waals surface area contributed by atoms with E-state index >= 15 is 0 Å². The number of hydrogen-bond donors (Lipinski definition) is 4. The molecule has 0 fully saturated rings. The summed E-state index contributed by atoms with van der Waals surface area (Å²) in [5, 5.41) is 9.84. The average molecular weight is 865 g/mol. The highest BCUT2D eigenvalue weighted by molar-refractivity contribution is 8.51. The predicted octanol–water partition coefficient (Wildman–Crippen LogP) is 6.33. The number of halogens is 5. The lowest BCUT2D eigenvalue weighted by Gasteiger charge is -2.12. The minimum absolute atomic E-state index is 0. The maximum atomic E-state index is 14.0. The molecule has 0 aliphatic carbocycles. The van der Waals surface area contributed by atoms with Crippen molar-refractivity contribution in [3.8, 4) is 23.0 Å². The third-order valence-electron chi connectivity index (χ3n) is 5.77. The van der Waals surface area contributed by atoms with Crippen molar-refractivity contribution in [1.82, 2.24) is 5.43 Å².